The van der Waals surface area contributed by atoms with E-state index in [2.05, 4.69) is 38.0 Å². The molecule has 0 aromatic heterocycles. The summed E-state index contributed by atoms with van der Waals surface area (Å²) >= 11 is 0. The van der Waals surface area contributed by atoms with Crippen molar-refractivity contribution in [3.8, 4) is 0 Å². The van der Waals surface area contributed by atoms with Gasteiger partial charge in [0.15, 0.2) is 0 Å². The highest BCUT2D eigenvalue weighted by Crippen LogP contribution is 2.34. The Bertz CT molecular complexity index is 2450. The zero-order valence-electron chi connectivity index (χ0n) is 44.7. The number of hydrogen-bond donors (Lipinski definition) is 6. The van der Waals surface area contributed by atoms with Crippen LogP contribution in [0.2, 0.25) is 0 Å². The molecule has 17 nitrogen and oxygen atoms in total. The number of methoxy groups -OCH3 is 1. The zero-order valence-corrected chi connectivity index (χ0v) is 44.7. The third kappa shape index (κ3) is 13.5. The first-order valence-corrected chi connectivity index (χ1v) is 25.7. The summed E-state index contributed by atoms with van der Waals surface area (Å²) in [5.41, 5.74) is 3.09. The summed E-state index contributed by atoms with van der Waals surface area (Å²) in [6.07, 6.45) is 2.70. The van der Waals surface area contributed by atoms with Crippen molar-refractivity contribution in [1.29, 1.82) is 0 Å². The van der Waals surface area contributed by atoms with Gasteiger partial charge in [-0.1, -0.05) is 120 Å². The van der Waals surface area contributed by atoms with E-state index in [1.165, 1.54) is 21.8 Å². The first-order chi connectivity index (χ1) is 34.6. The van der Waals surface area contributed by atoms with Gasteiger partial charge in [0.2, 0.25) is 41.4 Å². The number of fused-ring (bicyclic) bond motifs is 2. The van der Waals surface area contributed by atoms with Crippen LogP contribution in [-0.2, 0) is 57.7 Å². The fourth-order valence-corrected chi connectivity index (χ4v) is 10.2. The number of rotatable bonds is 18. The minimum absolute atomic E-state index is 0.00714. The second-order valence-electron chi connectivity index (χ2n) is 22.1. The van der Waals surface area contributed by atoms with Crippen LogP contribution < -0.4 is 31.9 Å². The van der Waals surface area contributed by atoms with Crippen molar-refractivity contribution < 1.29 is 38.3 Å². The van der Waals surface area contributed by atoms with Crippen LogP contribution in [0.3, 0.4) is 0 Å². The molecule has 73 heavy (non-hydrogen) atoms. The molecule has 2 heterocycles. The molecule has 6 rings (SSSR count). The number of likely N-dealkylation sites (tertiary alicyclic amines) is 1. The quantitative estimate of drug-likeness (QED) is 0.109. The van der Waals surface area contributed by atoms with Crippen molar-refractivity contribution in [2.45, 2.75) is 148 Å². The van der Waals surface area contributed by atoms with Gasteiger partial charge in [-0.2, -0.15) is 0 Å². The average molecular weight is 1010 g/mol. The molecule has 0 spiro atoms. The standard InChI is InChI=1S/C56H79N9O8/c1-34(57-9)49(67)61-47(55(3,4)5)53(71)63-30-39-24-16-15-23-38(39)28-44(63)52(70)65(45(33-73-11)37-21-13-12-14-22-37)32-46(66)59-40-29-43(51(69)60-42-27-19-25-36-20-17-18-26-41(36)42)64(31-40)54(72)48(56(6,7)8)62-50(68)35(2)58-10/h12-18,20-24,26,34-35,40,42-45,47-48,57-58H,19,25,27-33H2,1-11H3,(H,59,66)(H,60,69)(H,61,67)(H,62,68)/t34-,35-,40-,42+,43-,44?,45-,47?,48?/m0/s1. The molecule has 3 aliphatic rings. The molecule has 3 aromatic carbocycles. The summed E-state index contributed by atoms with van der Waals surface area (Å²) in [5, 5.41) is 18.1. The zero-order chi connectivity index (χ0) is 53.4. The maximum atomic E-state index is 15.7. The van der Waals surface area contributed by atoms with Crippen LogP contribution in [0.25, 0.3) is 0 Å². The molecule has 1 aliphatic carbocycles. The Morgan fingerprint density at radius 1 is 0.699 bits per heavy atom. The van der Waals surface area contributed by atoms with Gasteiger partial charge in [-0.25, -0.2) is 0 Å². The predicted octanol–water partition coefficient (Wildman–Crippen LogP) is 3.71. The van der Waals surface area contributed by atoms with E-state index in [1.54, 1.807) is 27.9 Å². The molecule has 7 amide bonds. The van der Waals surface area contributed by atoms with Crippen molar-refractivity contribution in [2.24, 2.45) is 10.8 Å². The van der Waals surface area contributed by atoms with Gasteiger partial charge in [0.25, 0.3) is 0 Å². The summed E-state index contributed by atoms with van der Waals surface area (Å²) < 4.78 is 5.76. The molecule has 3 aromatic rings. The molecule has 3 unspecified atom stereocenters. The molecule has 0 saturated carbocycles. The van der Waals surface area contributed by atoms with Crippen LogP contribution in [-0.4, -0.2) is 139 Å². The Labute approximate surface area is 431 Å². The molecule has 0 radical (unpaired) electrons. The van der Waals surface area contributed by atoms with Crippen LogP contribution in [0, 0.1) is 10.8 Å². The van der Waals surface area contributed by atoms with Crippen LogP contribution in [0.1, 0.15) is 115 Å². The third-order valence-corrected chi connectivity index (χ3v) is 14.7. The number of aryl methyl sites for hydroxylation is 1. The molecular weight excluding hydrogens is 927 g/mol. The molecule has 6 N–H and O–H groups in total. The van der Waals surface area contributed by atoms with Crippen molar-refractivity contribution in [3.63, 3.8) is 0 Å². The van der Waals surface area contributed by atoms with Crippen LogP contribution in [0.4, 0.5) is 0 Å². The largest absolute Gasteiger partial charge is 0.382 e. The second kappa shape index (κ2) is 24.2. The van der Waals surface area contributed by atoms with Crippen LogP contribution in [0.15, 0.2) is 78.9 Å². The van der Waals surface area contributed by atoms with E-state index in [0.717, 1.165) is 41.5 Å². The van der Waals surface area contributed by atoms with Crippen molar-refractivity contribution >= 4 is 41.4 Å². The number of likely N-dealkylation sites (N-methyl/N-ethyl adjacent to an activating group) is 2. The number of carbonyl (C=O) groups excluding carboxylic acids is 7. The Morgan fingerprint density at radius 2 is 1.25 bits per heavy atom. The lowest BCUT2D eigenvalue weighted by molar-refractivity contribution is -0.153. The van der Waals surface area contributed by atoms with Gasteiger partial charge in [0, 0.05) is 32.7 Å². The normalized spacial score (nSPS) is 20.8. The number of amides is 7. The lowest BCUT2D eigenvalue weighted by atomic mass is 9.84. The van der Waals surface area contributed by atoms with Crippen LogP contribution in [0.5, 0.6) is 0 Å². The molecule has 2 aliphatic heterocycles. The first kappa shape index (κ1) is 56.1. The number of ether oxygens (including phenoxy) is 1. The number of hydrogen-bond acceptors (Lipinski definition) is 10. The molecule has 0 bridgehead atoms. The van der Waals surface area contributed by atoms with Gasteiger partial charge in [0.1, 0.15) is 30.7 Å². The molecule has 1 saturated heterocycles. The second-order valence-corrected chi connectivity index (χ2v) is 22.1. The summed E-state index contributed by atoms with van der Waals surface area (Å²) in [5.74, 6) is -3.07. The molecule has 9 atom stereocenters. The van der Waals surface area contributed by atoms with E-state index in [0.29, 0.717) is 5.56 Å². The Morgan fingerprint density at radius 3 is 1.82 bits per heavy atom. The fourth-order valence-electron chi connectivity index (χ4n) is 10.2. The van der Waals surface area contributed by atoms with E-state index in [-0.39, 0.29) is 56.3 Å². The van der Waals surface area contributed by atoms with E-state index in [4.69, 9.17) is 4.74 Å². The number of nitrogens with zero attached hydrogens (tertiary/aromatic N) is 3. The summed E-state index contributed by atoms with van der Waals surface area (Å²) in [6, 6.07) is 17.7. The highest BCUT2D eigenvalue weighted by Gasteiger charge is 2.48. The van der Waals surface area contributed by atoms with Gasteiger partial charge < -0.3 is 51.3 Å². The summed E-state index contributed by atoms with van der Waals surface area (Å²) in [4.78, 5) is 106. The van der Waals surface area contributed by atoms with E-state index >= 15 is 9.59 Å². The first-order valence-electron chi connectivity index (χ1n) is 25.7. The molecule has 17 heteroatoms. The van der Waals surface area contributed by atoms with Crippen molar-refractivity contribution in [2.75, 3.05) is 40.9 Å². The lowest BCUT2D eigenvalue weighted by Gasteiger charge is -2.43. The smallest absolute Gasteiger partial charge is 0.246 e. The van der Waals surface area contributed by atoms with Gasteiger partial charge >= 0.3 is 0 Å². The predicted molar refractivity (Wildman–Crippen MR) is 279 cm³/mol. The van der Waals surface area contributed by atoms with Gasteiger partial charge in [-0.15, -0.1) is 0 Å². The van der Waals surface area contributed by atoms with E-state index in [1.807, 2.05) is 114 Å². The number of benzene rings is 3. The van der Waals surface area contributed by atoms with E-state index in [9.17, 15) is 24.0 Å². The highest BCUT2D eigenvalue weighted by molar-refractivity contribution is 5.96. The van der Waals surface area contributed by atoms with Crippen LogP contribution >= 0.6 is 0 Å². The molecule has 1 fully saturated rings. The maximum Gasteiger partial charge on any atom is 0.246 e. The van der Waals surface area contributed by atoms with Crippen molar-refractivity contribution in [3.05, 3.63) is 107 Å². The monoisotopic (exact) mass is 1010 g/mol. The fraction of sp³-hybridized carbons (Fsp3) is 0.554. The highest BCUT2D eigenvalue weighted by atomic mass is 16.5. The minimum atomic E-state index is -1.09. The van der Waals surface area contributed by atoms with Crippen molar-refractivity contribution in [1.82, 2.24) is 46.6 Å². The Balaban J connectivity index is 1.34. The van der Waals surface area contributed by atoms with Gasteiger partial charge in [0.05, 0.1) is 30.8 Å². The van der Waals surface area contributed by atoms with Gasteiger partial charge in [-0.3, -0.25) is 33.6 Å². The minimum Gasteiger partial charge on any atom is -0.382 e. The maximum absolute atomic E-state index is 15.7. The number of nitrogens with one attached hydrogen (secondary N) is 6. The molecule has 396 valence electrons. The lowest BCUT2D eigenvalue weighted by Crippen LogP contribution is -2.62. The van der Waals surface area contributed by atoms with Gasteiger partial charge in [-0.05, 0) is 92.3 Å². The SMILES string of the molecule is CN[C@@H](C)C(=O)NC(C(=O)N1Cc2ccccc2CC1C(=O)N(CC(=O)N[C@H]1C[C@@H](C(=O)N[C@@H]2CCCc3ccccc32)N(C(=O)C(NC(=O)[C@H](C)NC)C(C)(C)C)C1)[C@@H](COC)c1ccccc1)C(C)(C)C. The third-order valence-electron chi connectivity index (χ3n) is 14.7. The topological polar surface area (TPSA) is 211 Å². The number of carbonyl (C=O) groups is 7. The average Bonchev–Trinajstić information content (AvgIpc) is 3.79. The summed E-state index contributed by atoms with van der Waals surface area (Å²) in [6.45, 7) is 14.1. The van der Waals surface area contributed by atoms with E-state index < -0.39 is 89.3 Å². The molecular formula is C56H79N9O8. The summed E-state index contributed by atoms with van der Waals surface area (Å²) in [7, 11) is 4.83. The Kier molecular flexibility index (Phi) is 18.6. The Hall–Kier alpha value is -6.17.